The largest absolute Gasteiger partial charge is 0.495 e. The average Bonchev–Trinajstić information content (AvgIpc) is 2.71. The highest BCUT2D eigenvalue weighted by molar-refractivity contribution is 7.13. The number of methoxy groups -OCH3 is 1. The van der Waals surface area contributed by atoms with E-state index in [9.17, 15) is 0 Å². The Balaban J connectivity index is 2.30. The van der Waals surface area contributed by atoms with Gasteiger partial charge in [0.2, 0.25) is 0 Å². The highest BCUT2D eigenvalue weighted by Gasteiger charge is 2.04. The first-order valence-corrected chi connectivity index (χ1v) is 5.55. The molecular weight excluding hydrogens is 232 g/mol. The third-order valence-electron chi connectivity index (χ3n) is 1.84. The number of hydrogen-bond donors (Lipinski definition) is 1. The summed E-state index contributed by atoms with van der Waals surface area (Å²) in [5, 5.41) is 6.52. The van der Waals surface area contributed by atoms with Gasteiger partial charge in [0.05, 0.1) is 12.8 Å². The van der Waals surface area contributed by atoms with Crippen LogP contribution in [0, 0.1) is 0 Å². The van der Waals surface area contributed by atoms with Crippen molar-refractivity contribution in [3.05, 3.63) is 34.8 Å². The lowest BCUT2D eigenvalue weighted by Gasteiger charge is -2.08. The molecule has 3 nitrogen and oxygen atoms in total. The molecule has 0 radical (unpaired) electrons. The van der Waals surface area contributed by atoms with Gasteiger partial charge in [-0.25, -0.2) is 4.98 Å². The van der Waals surface area contributed by atoms with Crippen molar-refractivity contribution in [1.29, 1.82) is 0 Å². The van der Waals surface area contributed by atoms with Crippen LogP contribution in [0.15, 0.2) is 29.8 Å². The molecule has 0 spiro atoms. The van der Waals surface area contributed by atoms with Gasteiger partial charge in [-0.1, -0.05) is 11.6 Å². The minimum Gasteiger partial charge on any atom is -0.495 e. The van der Waals surface area contributed by atoms with E-state index in [1.54, 1.807) is 19.4 Å². The van der Waals surface area contributed by atoms with Crippen LogP contribution in [0.2, 0.25) is 5.02 Å². The highest BCUT2D eigenvalue weighted by Crippen LogP contribution is 2.30. The van der Waals surface area contributed by atoms with Gasteiger partial charge in [0, 0.05) is 16.6 Å². The van der Waals surface area contributed by atoms with Gasteiger partial charge in [-0.15, -0.1) is 11.3 Å². The predicted molar refractivity (Wildman–Crippen MR) is 63.4 cm³/mol. The van der Waals surface area contributed by atoms with Crippen LogP contribution in [0.5, 0.6) is 5.75 Å². The molecule has 1 aromatic carbocycles. The molecule has 0 aliphatic heterocycles. The Hall–Kier alpha value is -1.26. The number of nitrogens with one attached hydrogen (secondary N) is 1. The number of benzene rings is 1. The Labute approximate surface area is 96.7 Å². The third-order valence-corrected chi connectivity index (χ3v) is 2.76. The van der Waals surface area contributed by atoms with E-state index in [1.165, 1.54) is 11.3 Å². The molecule has 0 aliphatic carbocycles. The number of nitrogens with zero attached hydrogens (tertiary/aromatic N) is 1. The first-order chi connectivity index (χ1) is 7.29. The summed E-state index contributed by atoms with van der Waals surface area (Å²) >= 11 is 7.42. The number of ether oxygens (including phenoxy) is 1. The van der Waals surface area contributed by atoms with Crippen LogP contribution in [0.4, 0.5) is 10.8 Å². The van der Waals surface area contributed by atoms with E-state index in [0.29, 0.717) is 5.02 Å². The number of anilines is 2. The van der Waals surface area contributed by atoms with Crippen molar-refractivity contribution in [2.45, 2.75) is 0 Å². The zero-order valence-electron chi connectivity index (χ0n) is 8.03. The van der Waals surface area contributed by atoms with Crippen LogP contribution >= 0.6 is 22.9 Å². The van der Waals surface area contributed by atoms with Crippen molar-refractivity contribution in [2.24, 2.45) is 0 Å². The Morgan fingerprint density at radius 2 is 2.33 bits per heavy atom. The monoisotopic (exact) mass is 240 g/mol. The average molecular weight is 241 g/mol. The van der Waals surface area contributed by atoms with E-state index in [0.717, 1.165) is 16.6 Å². The van der Waals surface area contributed by atoms with Crippen molar-refractivity contribution >= 4 is 33.8 Å². The van der Waals surface area contributed by atoms with Crippen molar-refractivity contribution in [2.75, 3.05) is 12.4 Å². The summed E-state index contributed by atoms with van der Waals surface area (Å²) in [6.07, 6.45) is 1.74. The fraction of sp³-hybridized carbons (Fsp3) is 0.100. The molecule has 1 heterocycles. The first kappa shape index (κ1) is 10.3. The van der Waals surface area contributed by atoms with Crippen LogP contribution in [-0.2, 0) is 0 Å². The molecule has 0 unspecified atom stereocenters. The minimum absolute atomic E-state index is 0.662. The van der Waals surface area contributed by atoms with Gasteiger partial charge < -0.3 is 10.1 Å². The normalized spacial score (nSPS) is 10.0. The van der Waals surface area contributed by atoms with Crippen molar-refractivity contribution < 1.29 is 4.74 Å². The topological polar surface area (TPSA) is 34.1 Å². The summed E-state index contributed by atoms with van der Waals surface area (Å²) in [4.78, 5) is 4.13. The third kappa shape index (κ3) is 2.40. The minimum atomic E-state index is 0.662. The molecule has 0 aliphatic rings. The maximum atomic E-state index is 5.90. The second-order valence-electron chi connectivity index (χ2n) is 2.81. The maximum absolute atomic E-state index is 5.90. The molecular formula is C10H9ClN2OS. The van der Waals surface area contributed by atoms with E-state index >= 15 is 0 Å². The molecule has 0 atom stereocenters. The SMILES string of the molecule is COc1ccc(Cl)cc1Nc1nccs1. The smallest absolute Gasteiger partial charge is 0.187 e. The summed E-state index contributed by atoms with van der Waals surface area (Å²) in [6, 6.07) is 5.41. The fourth-order valence-corrected chi connectivity index (χ4v) is 1.89. The van der Waals surface area contributed by atoms with E-state index < -0.39 is 0 Å². The van der Waals surface area contributed by atoms with Gasteiger partial charge >= 0.3 is 0 Å². The zero-order chi connectivity index (χ0) is 10.7. The number of rotatable bonds is 3. The standard InChI is InChI=1S/C10H9ClN2OS/c1-14-9-3-2-7(11)6-8(9)13-10-12-4-5-15-10/h2-6H,1H3,(H,12,13). The predicted octanol–water partition coefficient (Wildman–Crippen LogP) is 3.55. The Kier molecular flexibility index (Phi) is 3.08. The van der Waals surface area contributed by atoms with E-state index in [-0.39, 0.29) is 0 Å². The number of halogens is 1. The summed E-state index contributed by atoms with van der Waals surface area (Å²) < 4.78 is 5.20. The Morgan fingerprint density at radius 3 is 3.00 bits per heavy atom. The molecule has 0 saturated carbocycles. The lowest BCUT2D eigenvalue weighted by atomic mass is 10.3. The first-order valence-electron chi connectivity index (χ1n) is 4.29. The van der Waals surface area contributed by atoms with Crippen LogP contribution in [0.3, 0.4) is 0 Å². The van der Waals surface area contributed by atoms with Gasteiger partial charge in [-0.05, 0) is 18.2 Å². The van der Waals surface area contributed by atoms with Crippen LogP contribution in [0.25, 0.3) is 0 Å². The van der Waals surface area contributed by atoms with Crippen molar-refractivity contribution in [3.63, 3.8) is 0 Å². The lowest BCUT2D eigenvalue weighted by Crippen LogP contribution is -1.93. The molecule has 15 heavy (non-hydrogen) atoms. The molecule has 78 valence electrons. The summed E-state index contributed by atoms with van der Waals surface area (Å²) in [7, 11) is 1.62. The second-order valence-corrected chi connectivity index (χ2v) is 4.14. The number of thiazole rings is 1. The molecule has 0 saturated heterocycles. The fourth-order valence-electron chi connectivity index (χ4n) is 1.18. The van der Waals surface area contributed by atoms with E-state index in [4.69, 9.17) is 16.3 Å². The quantitative estimate of drug-likeness (QED) is 0.891. The van der Waals surface area contributed by atoms with Gasteiger partial charge in [0.15, 0.2) is 5.13 Å². The van der Waals surface area contributed by atoms with Crippen LogP contribution in [0.1, 0.15) is 0 Å². The van der Waals surface area contributed by atoms with Crippen molar-refractivity contribution in [3.8, 4) is 5.75 Å². The summed E-state index contributed by atoms with van der Waals surface area (Å²) in [6.45, 7) is 0. The summed E-state index contributed by atoms with van der Waals surface area (Å²) in [5.74, 6) is 0.745. The Morgan fingerprint density at radius 1 is 1.47 bits per heavy atom. The molecule has 0 fully saturated rings. The van der Waals surface area contributed by atoms with Gasteiger partial charge in [0.25, 0.3) is 0 Å². The molecule has 0 bridgehead atoms. The zero-order valence-corrected chi connectivity index (χ0v) is 9.60. The molecule has 1 N–H and O–H groups in total. The maximum Gasteiger partial charge on any atom is 0.187 e. The molecule has 5 heteroatoms. The van der Waals surface area contributed by atoms with Gasteiger partial charge in [0.1, 0.15) is 5.75 Å². The lowest BCUT2D eigenvalue weighted by molar-refractivity contribution is 0.417. The highest BCUT2D eigenvalue weighted by atomic mass is 35.5. The van der Waals surface area contributed by atoms with Crippen LogP contribution in [-0.4, -0.2) is 12.1 Å². The van der Waals surface area contributed by atoms with Gasteiger partial charge in [-0.3, -0.25) is 0 Å². The molecule has 2 rings (SSSR count). The number of aromatic nitrogens is 1. The molecule has 1 aromatic heterocycles. The summed E-state index contributed by atoms with van der Waals surface area (Å²) in [5.41, 5.74) is 0.819. The molecule has 2 aromatic rings. The number of hydrogen-bond acceptors (Lipinski definition) is 4. The van der Waals surface area contributed by atoms with Crippen LogP contribution < -0.4 is 10.1 Å². The second kappa shape index (κ2) is 4.51. The molecule has 0 amide bonds. The Bertz CT molecular complexity index is 445. The van der Waals surface area contributed by atoms with Crippen molar-refractivity contribution in [1.82, 2.24) is 4.98 Å². The van der Waals surface area contributed by atoms with E-state index in [1.807, 2.05) is 17.5 Å². The van der Waals surface area contributed by atoms with Gasteiger partial charge in [-0.2, -0.15) is 0 Å². The van der Waals surface area contributed by atoms with E-state index in [2.05, 4.69) is 10.3 Å².